The van der Waals surface area contributed by atoms with Crippen LogP contribution in [0.25, 0.3) is 0 Å². The Labute approximate surface area is 197 Å². The molecule has 0 radical (unpaired) electrons. The summed E-state index contributed by atoms with van der Waals surface area (Å²) in [5.74, 6) is 0.104. The summed E-state index contributed by atoms with van der Waals surface area (Å²) < 4.78 is 72.4. The van der Waals surface area contributed by atoms with E-state index in [2.05, 4.69) is 5.32 Å². The number of nitrogens with one attached hydrogen (secondary N) is 1. The van der Waals surface area contributed by atoms with E-state index in [9.17, 15) is 21.6 Å². The first-order valence-electron chi connectivity index (χ1n) is 10.5. The molecule has 0 aliphatic rings. The Balaban J connectivity index is 2.02. The number of alkyl halides is 3. The number of anilines is 1. The minimum Gasteiger partial charge on any atom is -0.493 e. The van der Waals surface area contributed by atoms with Crippen molar-refractivity contribution in [2.45, 2.75) is 30.5 Å². The third-order valence-electron chi connectivity index (χ3n) is 5.21. The summed E-state index contributed by atoms with van der Waals surface area (Å²) in [5.41, 5.74) is 3.16. The fourth-order valence-corrected chi connectivity index (χ4v) is 4.11. The van der Waals surface area contributed by atoms with Crippen molar-refractivity contribution in [3.63, 3.8) is 0 Å². The van der Waals surface area contributed by atoms with Gasteiger partial charge in [-0.3, -0.25) is 0 Å². The molecule has 0 amide bonds. The van der Waals surface area contributed by atoms with Crippen LogP contribution in [-0.2, 0) is 16.3 Å². The van der Waals surface area contributed by atoms with Crippen molar-refractivity contribution in [3.8, 4) is 11.5 Å². The summed E-state index contributed by atoms with van der Waals surface area (Å²) in [7, 11) is -2.09. The second-order valence-electron chi connectivity index (χ2n) is 7.79. The Bertz CT molecular complexity index is 1230. The van der Waals surface area contributed by atoms with Gasteiger partial charge in [0.2, 0.25) is 0 Å². The molecular weight excluding hydrogens is 467 g/mol. The molecule has 0 bridgehead atoms. The number of aryl methyl sites for hydroxylation is 1. The lowest BCUT2D eigenvalue weighted by atomic mass is 9.97. The Hall–Kier alpha value is -3.20. The van der Waals surface area contributed by atoms with E-state index in [0.29, 0.717) is 11.3 Å². The van der Waals surface area contributed by atoms with E-state index in [-0.39, 0.29) is 16.4 Å². The van der Waals surface area contributed by atoms with Gasteiger partial charge in [-0.05, 0) is 47.4 Å². The minimum atomic E-state index is -4.50. The van der Waals surface area contributed by atoms with Crippen molar-refractivity contribution in [1.82, 2.24) is 0 Å². The molecule has 0 spiro atoms. The maximum absolute atomic E-state index is 12.7. The Morgan fingerprint density at radius 2 is 1.65 bits per heavy atom. The zero-order valence-corrected chi connectivity index (χ0v) is 19.8. The molecule has 0 fully saturated rings. The number of hydrogen-bond donors (Lipinski definition) is 1. The highest BCUT2D eigenvalue weighted by atomic mass is 32.2. The van der Waals surface area contributed by atoms with Gasteiger partial charge in [-0.15, -0.1) is 0 Å². The maximum Gasteiger partial charge on any atom is 0.422 e. The van der Waals surface area contributed by atoms with E-state index in [4.69, 9.17) is 9.47 Å². The average Bonchev–Trinajstić information content (AvgIpc) is 2.80. The Morgan fingerprint density at radius 3 is 2.24 bits per heavy atom. The molecule has 0 heterocycles. The van der Waals surface area contributed by atoms with Crippen LogP contribution in [0, 0.1) is 0 Å². The van der Waals surface area contributed by atoms with Crippen LogP contribution in [0.15, 0.2) is 71.6 Å². The van der Waals surface area contributed by atoms with Gasteiger partial charge in [0.05, 0.1) is 18.0 Å². The molecule has 0 aromatic heterocycles. The standard InChI is InChI=1S/C25H26F3NO4S/c1-4-17-8-10-18(11-9-17)24(19-6-5-7-21(14-19)34(3,30)31)29-20-12-13-22(32-2)23(15-20)33-16-25(26,27)28/h5-15,24,29H,4,16H2,1-3H3. The second-order valence-corrected chi connectivity index (χ2v) is 9.80. The fraction of sp³-hybridized carbons (Fsp3) is 0.280. The maximum atomic E-state index is 12.7. The van der Waals surface area contributed by atoms with Crippen LogP contribution in [0.2, 0.25) is 0 Å². The molecule has 1 unspecified atom stereocenters. The van der Waals surface area contributed by atoms with Crippen LogP contribution in [0.1, 0.15) is 29.7 Å². The first kappa shape index (κ1) is 25.4. The number of ether oxygens (including phenoxy) is 2. The molecule has 34 heavy (non-hydrogen) atoms. The molecule has 1 N–H and O–H groups in total. The number of methoxy groups -OCH3 is 1. The molecule has 3 aromatic carbocycles. The van der Waals surface area contributed by atoms with Crippen molar-refractivity contribution in [2.75, 3.05) is 25.3 Å². The van der Waals surface area contributed by atoms with Crippen LogP contribution in [0.4, 0.5) is 18.9 Å². The average molecular weight is 494 g/mol. The zero-order valence-electron chi connectivity index (χ0n) is 19.0. The Morgan fingerprint density at radius 1 is 0.941 bits per heavy atom. The van der Waals surface area contributed by atoms with Crippen molar-refractivity contribution in [1.29, 1.82) is 0 Å². The summed E-state index contributed by atoms with van der Waals surface area (Å²) >= 11 is 0. The molecular formula is C25H26F3NO4S. The summed E-state index contributed by atoms with van der Waals surface area (Å²) in [6.07, 6.45) is -2.50. The largest absolute Gasteiger partial charge is 0.493 e. The van der Waals surface area contributed by atoms with Gasteiger partial charge in [-0.25, -0.2) is 8.42 Å². The lowest BCUT2D eigenvalue weighted by molar-refractivity contribution is -0.153. The van der Waals surface area contributed by atoms with Crippen LogP contribution in [0.3, 0.4) is 0 Å². The molecule has 0 saturated carbocycles. The van der Waals surface area contributed by atoms with Crippen molar-refractivity contribution < 1.29 is 31.1 Å². The molecule has 182 valence electrons. The highest BCUT2D eigenvalue weighted by Gasteiger charge is 2.29. The lowest BCUT2D eigenvalue weighted by Gasteiger charge is -2.23. The van der Waals surface area contributed by atoms with Crippen molar-refractivity contribution in [2.24, 2.45) is 0 Å². The molecule has 3 rings (SSSR count). The van der Waals surface area contributed by atoms with Crippen LogP contribution in [0.5, 0.6) is 11.5 Å². The van der Waals surface area contributed by atoms with Gasteiger partial charge in [0.1, 0.15) is 0 Å². The first-order chi connectivity index (χ1) is 16.0. The highest BCUT2D eigenvalue weighted by Crippen LogP contribution is 2.35. The third-order valence-corrected chi connectivity index (χ3v) is 6.32. The predicted molar refractivity (Wildman–Crippen MR) is 125 cm³/mol. The molecule has 9 heteroatoms. The molecule has 0 aliphatic carbocycles. The molecule has 5 nitrogen and oxygen atoms in total. The van der Waals surface area contributed by atoms with E-state index >= 15 is 0 Å². The second kappa shape index (κ2) is 10.4. The summed E-state index contributed by atoms with van der Waals surface area (Å²) in [4.78, 5) is 0.172. The van der Waals surface area contributed by atoms with Gasteiger partial charge in [-0.1, -0.05) is 43.3 Å². The smallest absolute Gasteiger partial charge is 0.422 e. The van der Waals surface area contributed by atoms with Crippen LogP contribution in [-0.4, -0.2) is 34.6 Å². The molecule has 3 aromatic rings. The Kier molecular flexibility index (Phi) is 7.76. The molecule has 1 atom stereocenters. The highest BCUT2D eigenvalue weighted by molar-refractivity contribution is 7.90. The monoisotopic (exact) mass is 493 g/mol. The van der Waals surface area contributed by atoms with E-state index in [1.54, 1.807) is 24.3 Å². The summed E-state index contributed by atoms with van der Waals surface area (Å²) in [6, 6.07) is 18.5. The van der Waals surface area contributed by atoms with Gasteiger partial charge < -0.3 is 14.8 Å². The number of benzene rings is 3. The van der Waals surface area contributed by atoms with Gasteiger partial charge in [0.15, 0.2) is 27.9 Å². The normalized spacial score (nSPS) is 12.8. The van der Waals surface area contributed by atoms with E-state index < -0.39 is 28.7 Å². The fourth-order valence-electron chi connectivity index (χ4n) is 3.44. The van der Waals surface area contributed by atoms with E-state index in [1.165, 1.54) is 25.3 Å². The van der Waals surface area contributed by atoms with Crippen LogP contribution < -0.4 is 14.8 Å². The number of sulfone groups is 1. The van der Waals surface area contributed by atoms with Crippen molar-refractivity contribution in [3.05, 3.63) is 83.4 Å². The SMILES string of the molecule is CCc1ccc(C(Nc2ccc(OC)c(OCC(F)(F)F)c2)c2cccc(S(C)(=O)=O)c2)cc1. The number of hydrogen-bond acceptors (Lipinski definition) is 5. The predicted octanol–water partition coefficient (Wildman–Crippen LogP) is 5.80. The molecule has 0 aliphatic heterocycles. The topological polar surface area (TPSA) is 64.6 Å². The summed E-state index contributed by atoms with van der Waals surface area (Å²) in [6.45, 7) is 0.589. The van der Waals surface area contributed by atoms with Gasteiger partial charge in [-0.2, -0.15) is 13.2 Å². The first-order valence-corrected chi connectivity index (χ1v) is 12.4. The van der Waals surface area contributed by atoms with E-state index in [0.717, 1.165) is 23.8 Å². The van der Waals surface area contributed by atoms with Gasteiger partial charge in [0.25, 0.3) is 0 Å². The summed E-state index contributed by atoms with van der Waals surface area (Å²) in [5, 5.41) is 3.30. The van der Waals surface area contributed by atoms with Gasteiger partial charge >= 0.3 is 6.18 Å². The molecule has 0 saturated heterocycles. The van der Waals surface area contributed by atoms with E-state index in [1.807, 2.05) is 31.2 Å². The quantitative estimate of drug-likeness (QED) is 0.408. The van der Waals surface area contributed by atoms with Crippen molar-refractivity contribution >= 4 is 15.5 Å². The van der Waals surface area contributed by atoms with Crippen LogP contribution >= 0.6 is 0 Å². The third kappa shape index (κ3) is 6.66. The zero-order chi connectivity index (χ0) is 24.9. The van der Waals surface area contributed by atoms with Gasteiger partial charge in [0, 0.05) is 18.0 Å². The number of rotatable bonds is 9. The lowest BCUT2D eigenvalue weighted by Crippen LogP contribution is -2.19. The minimum absolute atomic E-state index is 0.0604. The number of halogens is 3.